The number of alkyl halides is 1. The number of aromatic nitrogens is 2. The molecule has 3 unspecified atom stereocenters. The molecule has 1 saturated carbocycles. The Bertz CT molecular complexity index is 637. The predicted molar refractivity (Wildman–Crippen MR) is 85.3 cm³/mol. The number of nitrogens with zero attached hydrogens (tertiary/aromatic N) is 2. The van der Waals surface area contributed by atoms with Crippen LogP contribution in [-0.4, -0.2) is 15.4 Å². The lowest BCUT2D eigenvalue weighted by Crippen LogP contribution is -2.24. The number of benzene rings is 1. The molecule has 1 aromatic heterocycles. The summed E-state index contributed by atoms with van der Waals surface area (Å²) in [5, 5.41) is 0. The number of rotatable bonds is 3. The zero-order valence-electron chi connectivity index (χ0n) is 12.6. The van der Waals surface area contributed by atoms with Gasteiger partial charge in [-0.25, -0.2) is 9.37 Å². The van der Waals surface area contributed by atoms with Crippen LogP contribution in [0.15, 0.2) is 18.2 Å². The Morgan fingerprint density at radius 3 is 2.81 bits per heavy atom. The van der Waals surface area contributed by atoms with Crippen LogP contribution in [0.1, 0.15) is 45.0 Å². The summed E-state index contributed by atoms with van der Waals surface area (Å²) in [5.41, 5.74) is 1.80. The van der Waals surface area contributed by atoms with Crippen molar-refractivity contribution in [3.8, 4) is 0 Å². The number of aryl methyl sites for hydroxylation is 1. The third-order valence-electron chi connectivity index (χ3n) is 4.98. The third kappa shape index (κ3) is 2.80. The van der Waals surface area contributed by atoms with Crippen molar-refractivity contribution < 1.29 is 4.39 Å². The normalized spacial score (nSPS) is 26.4. The summed E-state index contributed by atoms with van der Waals surface area (Å²) < 4.78 is 15.8. The Morgan fingerprint density at radius 1 is 1.29 bits per heavy atom. The standard InChI is InChI=1S/C17H22ClFN2/c1-11-3-5-14(9-12(11)2)21-16-6-4-13(19)10-15(16)20-17(21)7-8-18/h4,6,10-12,14H,3,5,7-9H2,1-2H3. The highest BCUT2D eigenvalue weighted by molar-refractivity contribution is 6.17. The van der Waals surface area contributed by atoms with Gasteiger partial charge >= 0.3 is 0 Å². The van der Waals surface area contributed by atoms with E-state index < -0.39 is 0 Å². The summed E-state index contributed by atoms with van der Waals surface area (Å²) in [6.07, 6.45) is 4.31. The van der Waals surface area contributed by atoms with E-state index in [1.165, 1.54) is 31.4 Å². The Hall–Kier alpha value is -1.09. The fraction of sp³-hybridized carbons (Fsp3) is 0.588. The summed E-state index contributed by atoms with van der Waals surface area (Å²) >= 11 is 5.93. The maximum absolute atomic E-state index is 13.4. The van der Waals surface area contributed by atoms with Crippen molar-refractivity contribution in [3.05, 3.63) is 29.8 Å². The van der Waals surface area contributed by atoms with Crippen molar-refractivity contribution in [1.29, 1.82) is 0 Å². The lowest BCUT2D eigenvalue weighted by Gasteiger charge is -2.34. The lowest BCUT2D eigenvalue weighted by atomic mass is 9.79. The lowest BCUT2D eigenvalue weighted by molar-refractivity contribution is 0.211. The van der Waals surface area contributed by atoms with Crippen LogP contribution in [0.25, 0.3) is 11.0 Å². The van der Waals surface area contributed by atoms with Crippen molar-refractivity contribution in [1.82, 2.24) is 9.55 Å². The first-order valence-corrected chi connectivity index (χ1v) is 8.36. The van der Waals surface area contributed by atoms with Gasteiger partial charge in [0, 0.05) is 24.4 Å². The van der Waals surface area contributed by atoms with Gasteiger partial charge < -0.3 is 4.57 Å². The number of fused-ring (bicyclic) bond motifs is 1. The summed E-state index contributed by atoms with van der Waals surface area (Å²) in [6.45, 7) is 4.67. The summed E-state index contributed by atoms with van der Waals surface area (Å²) in [7, 11) is 0. The maximum Gasteiger partial charge on any atom is 0.125 e. The van der Waals surface area contributed by atoms with Crippen LogP contribution in [-0.2, 0) is 6.42 Å². The molecule has 4 heteroatoms. The molecule has 2 aromatic rings. The van der Waals surface area contributed by atoms with Gasteiger partial charge in [0.2, 0.25) is 0 Å². The van der Waals surface area contributed by atoms with E-state index in [1.807, 2.05) is 6.07 Å². The molecule has 21 heavy (non-hydrogen) atoms. The van der Waals surface area contributed by atoms with E-state index in [9.17, 15) is 4.39 Å². The SMILES string of the molecule is CC1CCC(n2c(CCCl)nc3cc(F)ccc32)CC1C. The second-order valence-corrected chi connectivity index (χ2v) is 6.77. The molecule has 0 aliphatic heterocycles. The molecule has 0 amide bonds. The molecule has 3 atom stereocenters. The fourth-order valence-electron chi connectivity index (χ4n) is 3.54. The molecule has 1 aliphatic rings. The zero-order valence-corrected chi connectivity index (χ0v) is 13.4. The second-order valence-electron chi connectivity index (χ2n) is 6.39. The van der Waals surface area contributed by atoms with Crippen LogP contribution in [0.2, 0.25) is 0 Å². The van der Waals surface area contributed by atoms with Crippen LogP contribution in [0.5, 0.6) is 0 Å². The summed E-state index contributed by atoms with van der Waals surface area (Å²) in [5.74, 6) is 2.81. The zero-order chi connectivity index (χ0) is 15.0. The average molecular weight is 309 g/mol. The molecule has 0 radical (unpaired) electrons. The van der Waals surface area contributed by atoms with Crippen molar-refractivity contribution in [2.24, 2.45) is 11.8 Å². The van der Waals surface area contributed by atoms with Gasteiger partial charge in [-0.05, 0) is 43.2 Å². The molecule has 2 nitrogen and oxygen atoms in total. The van der Waals surface area contributed by atoms with Crippen LogP contribution >= 0.6 is 11.6 Å². The minimum Gasteiger partial charge on any atom is -0.325 e. The second kappa shape index (κ2) is 5.96. The van der Waals surface area contributed by atoms with E-state index in [0.29, 0.717) is 17.8 Å². The van der Waals surface area contributed by atoms with E-state index in [4.69, 9.17) is 11.6 Å². The predicted octanol–water partition coefficient (Wildman–Crippen LogP) is 4.95. The van der Waals surface area contributed by atoms with Gasteiger partial charge in [0.1, 0.15) is 11.6 Å². The van der Waals surface area contributed by atoms with E-state index >= 15 is 0 Å². The molecule has 114 valence electrons. The number of halogens is 2. The highest BCUT2D eigenvalue weighted by Crippen LogP contribution is 2.38. The highest BCUT2D eigenvalue weighted by atomic mass is 35.5. The van der Waals surface area contributed by atoms with E-state index in [-0.39, 0.29) is 5.82 Å². The smallest absolute Gasteiger partial charge is 0.125 e. The third-order valence-corrected chi connectivity index (χ3v) is 5.17. The van der Waals surface area contributed by atoms with Crippen LogP contribution in [0.3, 0.4) is 0 Å². The van der Waals surface area contributed by atoms with Crippen molar-refractivity contribution in [2.75, 3.05) is 5.88 Å². The molecule has 3 rings (SSSR count). The molecule has 1 fully saturated rings. The molecule has 1 heterocycles. The molecular formula is C17H22ClFN2. The van der Waals surface area contributed by atoms with Gasteiger partial charge in [-0.1, -0.05) is 13.8 Å². The van der Waals surface area contributed by atoms with Gasteiger partial charge in [-0.2, -0.15) is 0 Å². The van der Waals surface area contributed by atoms with Crippen molar-refractivity contribution in [2.45, 2.75) is 45.6 Å². The molecule has 0 spiro atoms. The topological polar surface area (TPSA) is 17.8 Å². The van der Waals surface area contributed by atoms with Gasteiger partial charge in [-0.3, -0.25) is 0 Å². The Labute approximate surface area is 130 Å². The molecule has 1 aliphatic carbocycles. The first-order chi connectivity index (χ1) is 10.1. The van der Waals surface area contributed by atoms with E-state index in [1.54, 1.807) is 0 Å². The van der Waals surface area contributed by atoms with Crippen LogP contribution < -0.4 is 0 Å². The molecule has 0 bridgehead atoms. The molecular weight excluding hydrogens is 287 g/mol. The molecule has 1 aromatic carbocycles. The van der Waals surface area contributed by atoms with Crippen LogP contribution in [0, 0.1) is 17.7 Å². The highest BCUT2D eigenvalue weighted by Gasteiger charge is 2.28. The van der Waals surface area contributed by atoms with E-state index in [2.05, 4.69) is 23.4 Å². The van der Waals surface area contributed by atoms with E-state index in [0.717, 1.165) is 29.2 Å². The van der Waals surface area contributed by atoms with Gasteiger partial charge in [0.15, 0.2) is 0 Å². The summed E-state index contributed by atoms with van der Waals surface area (Å²) in [4.78, 5) is 4.62. The number of hydrogen-bond acceptors (Lipinski definition) is 1. The minimum absolute atomic E-state index is 0.227. The Kier molecular flexibility index (Phi) is 4.21. The molecule has 0 saturated heterocycles. The van der Waals surface area contributed by atoms with Crippen molar-refractivity contribution in [3.63, 3.8) is 0 Å². The first-order valence-electron chi connectivity index (χ1n) is 7.82. The van der Waals surface area contributed by atoms with Gasteiger partial charge in [0.25, 0.3) is 0 Å². The monoisotopic (exact) mass is 308 g/mol. The fourth-order valence-corrected chi connectivity index (χ4v) is 3.71. The molecule has 0 N–H and O–H groups in total. The minimum atomic E-state index is -0.227. The average Bonchev–Trinajstić information content (AvgIpc) is 2.79. The Balaban J connectivity index is 2.04. The maximum atomic E-state index is 13.4. The first kappa shape index (κ1) is 14.8. The largest absolute Gasteiger partial charge is 0.325 e. The number of hydrogen-bond donors (Lipinski definition) is 0. The van der Waals surface area contributed by atoms with Gasteiger partial charge in [0.05, 0.1) is 11.0 Å². The Morgan fingerprint density at radius 2 is 2.10 bits per heavy atom. The van der Waals surface area contributed by atoms with Crippen LogP contribution in [0.4, 0.5) is 4.39 Å². The van der Waals surface area contributed by atoms with Crippen molar-refractivity contribution >= 4 is 22.6 Å². The summed E-state index contributed by atoms with van der Waals surface area (Å²) in [6, 6.07) is 5.38. The van der Waals surface area contributed by atoms with Gasteiger partial charge in [-0.15, -0.1) is 11.6 Å². The number of imidazole rings is 1. The quantitative estimate of drug-likeness (QED) is 0.733.